The highest BCUT2D eigenvalue weighted by molar-refractivity contribution is 6.35. The van der Waals surface area contributed by atoms with Gasteiger partial charge in [-0.25, -0.2) is 0 Å². The minimum absolute atomic E-state index is 0.573. The van der Waals surface area contributed by atoms with Crippen molar-refractivity contribution in [2.75, 3.05) is 6.54 Å². The van der Waals surface area contributed by atoms with E-state index in [2.05, 4.69) is 30.4 Å². The van der Waals surface area contributed by atoms with Crippen molar-refractivity contribution in [3.05, 3.63) is 99.0 Å². The van der Waals surface area contributed by atoms with Crippen LogP contribution in [0.3, 0.4) is 0 Å². The molecule has 2 nitrogen and oxygen atoms in total. The lowest BCUT2D eigenvalue weighted by atomic mass is 10.1. The molecule has 0 unspecified atom stereocenters. The third-order valence-electron chi connectivity index (χ3n) is 4.52. The maximum absolute atomic E-state index is 6.23. The van der Waals surface area contributed by atoms with Crippen molar-refractivity contribution in [3.8, 4) is 5.75 Å². The fourth-order valence-corrected chi connectivity index (χ4v) is 3.39. The second-order valence-electron chi connectivity index (χ2n) is 6.49. The summed E-state index contributed by atoms with van der Waals surface area (Å²) in [6, 6.07) is 22.1. The molecule has 0 saturated heterocycles. The third kappa shape index (κ3) is 5.74. The summed E-state index contributed by atoms with van der Waals surface area (Å²) in [7, 11) is 0. The smallest absolute Gasteiger partial charge is 0.124 e. The van der Waals surface area contributed by atoms with Crippen molar-refractivity contribution >= 4 is 23.2 Å². The molecule has 4 heteroatoms. The van der Waals surface area contributed by atoms with Gasteiger partial charge in [0.05, 0.1) is 0 Å². The van der Waals surface area contributed by atoms with Gasteiger partial charge in [-0.15, -0.1) is 0 Å². The molecule has 0 fully saturated rings. The number of ether oxygens (including phenoxy) is 1. The summed E-state index contributed by atoms with van der Waals surface area (Å²) in [6.07, 6.45) is 0.849. The summed E-state index contributed by atoms with van der Waals surface area (Å²) in [4.78, 5) is 0. The minimum Gasteiger partial charge on any atom is -0.489 e. The number of benzene rings is 3. The first-order chi connectivity index (χ1) is 13.1. The third-order valence-corrected chi connectivity index (χ3v) is 5.11. The maximum atomic E-state index is 6.23. The van der Waals surface area contributed by atoms with Gasteiger partial charge in [0, 0.05) is 22.2 Å². The first kappa shape index (κ1) is 19.8. The monoisotopic (exact) mass is 399 g/mol. The zero-order valence-electron chi connectivity index (χ0n) is 15.3. The van der Waals surface area contributed by atoms with Gasteiger partial charge in [0.25, 0.3) is 0 Å². The molecule has 27 heavy (non-hydrogen) atoms. The summed E-state index contributed by atoms with van der Waals surface area (Å²) < 4.78 is 6.08. The van der Waals surface area contributed by atoms with Crippen molar-refractivity contribution in [3.63, 3.8) is 0 Å². The first-order valence-corrected chi connectivity index (χ1v) is 9.79. The summed E-state index contributed by atoms with van der Waals surface area (Å²) in [5.41, 5.74) is 4.69. The van der Waals surface area contributed by atoms with Gasteiger partial charge in [0.2, 0.25) is 0 Å². The second kappa shape index (κ2) is 9.80. The van der Waals surface area contributed by atoms with E-state index in [0.717, 1.165) is 36.4 Å². The predicted molar refractivity (Wildman–Crippen MR) is 114 cm³/mol. The molecule has 0 heterocycles. The summed E-state index contributed by atoms with van der Waals surface area (Å²) >= 11 is 12.2. The van der Waals surface area contributed by atoms with Crippen LogP contribution in [0.25, 0.3) is 0 Å². The molecule has 3 aromatic rings. The largest absolute Gasteiger partial charge is 0.489 e. The Hall–Kier alpha value is -2.00. The van der Waals surface area contributed by atoms with Crippen LogP contribution in [0.2, 0.25) is 10.0 Å². The van der Waals surface area contributed by atoms with E-state index in [1.807, 2.05) is 42.5 Å². The molecule has 3 rings (SSSR count). The molecule has 0 aliphatic carbocycles. The van der Waals surface area contributed by atoms with Gasteiger partial charge in [0.1, 0.15) is 12.4 Å². The van der Waals surface area contributed by atoms with E-state index >= 15 is 0 Å². The summed E-state index contributed by atoms with van der Waals surface area (Å²) in [5.74, 6) is 0.915. The van der Waals surface area contributed by atoms with E-state index in [0.29, 0.717) is 16.7 Å². The topological polar surface area (TPSA) is 21.3 Å². The Kier molecular flexibility index (Phi) is 7.17. The number of aryl methyl sites for hydroxylation is 1. The molecule has 0 amide bonds. The molecular formula is C23H23Cl2NO. The van der Waals surface area contributed by atoms with Crippen LogP contribution >= 0.6 is 23.2 Å². The molecular weight excluding hydrogens is 377 g/mol. The average Bonchev–Trinajstić information content (AvgIpc) is 2.67. The Balaban J connectivity index is 1.54. The number of hydrogen-bond donors (Lipinski definition) is 1. The Morgan fingerprint density at radius 3 is 2.37 bits per heavy atom. The van der Waals surface area contributed by atoms with E-state index in [1.54, 1.807) is 6.07 Å². The second-order valence-corrected chi connectivity index (χ2v) is 7.33. The minimum atomic E-state index is 0.573. The molecule has 0 spiro atoms. The molecule has 3 aromatic carbocycles. The van der Waals surface area contributed by atoms with Crippen LogP contribution in [-0.4, -0.2) is 6.54 Å². The predicted octanol–water partition coefficient (Wildman–Crippen LogP) is 6.21. The van der Waals surface area contributed by atoms with E-state index in [9.17, 15) is 0 Å². The molecule has 1 N–H and O–H groups in total. The number of hydrogen-bond acceptors (Lipinski definition) is 2. The highest BCUT2D eigenvalue weighted by atomic mass is 35.5. The highest BCUT2D eigenvalue weighted by Gasteiger charge is 2.05. The molecule has 0 aliphatic heterocycles. The van der Waals surface area contributed by atoms with Crippen LogP contribution in [-0.2, 0) is 19.6 Å². The standard InChI is InChI=1S/C23H23Cl2NO/c1-17-6-2-3-8-20(17)16-27-23-9-5-4-7-19(23)15-26-13-12-18-10-11-21(24)14-22(18)25/h2-11,14,26H,12-13,15-16H2,1H3. The van der Waals surface area contributed by atoms with Gasteiger partial charge in [0.15, 0.2) is 0 Å². The van der Waals surface area contributed by atoms with Gasteiger partial charge in [-0.3, -0.25) is 0 Å². The molecule has 0 atom stereocenters. The van der Waals surface area contributed by atoms with Gasteiger partial charge >= 0.3 is 0 Å². The van der Waals surface area contributed by atoms with Crippen molar-refractivity contribution in [1.29, 1.82) is 0 Å². The van der Waals surface area contributed by atoms with E-state index in [4.69, 9.17) is 27.9 Å². The van der Waals surface area contributed by atoms with Crippen LogP contribution < -0.4 is 10.1 Å². The summed E-state index contributed by atoms with van der Waals surface area (Å²) in [6.45, 7) is 4.25. The molecule has 140 valence electrons. The lowest BCUT2D eigenvalue weighted by Crippen LogP contribution is -2.17. The lowest BCUT2D eigenvalue weighted by molar-refractivity contribution is 0.301. The number of halogens is 2. The van der Waals surface area contributed by atoms with E-state index in [-0.39, 0.29) is 0 Å². The van der Waals surface area contributed by atoms with Crippen molar-refractivity contribution < 1.29 is 4.74 Å². The SMILES string of the molecule is Cc1ccccc1COc1ccccc1CNCCc1ccc(Cl)cc1Cl. The Labute approximate surface area is 171 Å². The number of rotatable bonds is 8. The maximum Gasteiger partial charge on any atom is 0.124 e. The van der Waals surface area contributed by atoms with Gasteiger partial charge in [-0.1, -0.05) is 71.7 Å². The van der Waals surface area contributed by atoms with Crippen molar-refractivity contribution in [1.82, 2.24) is 5.32 Å². The molecule has 0 aliphatic rings. The van der Waals surface area contributed by atoms with Crippen molar-refractivity contribution in [2.24, 2.45) is 0 Å². The van der Waals surface area contributed by atoms with Gasteiger partial charge < -0.3 is 10.1 Å². The van der Waals surface area contributed by atoms with Crippen molar-refractivity contribution in [2.45, 2.75) is 26.5 Å². The Bertz CT molecular complexity index is 895. The first-order valence-electron chi connectivity index (χ1n) is 9.03. The molecule has 0 saturated carbocycles. The molecule has 0 aromatic heterocycles. The molecule has 0 bridgehead atoms. The summed E-state index contributed by atoms with van der Waals surface area (Å²) in [5, 5.41) is 4.85. The van der Waals surface area contributed by atoms with Crippen LogP contribution in [0, 0.1) is 6.92 Å². The van der Waals surface area contributed by atoms with E-state index in [1.165, 1.54) is 11.1 Å². The normalized spacial score (nSPS) is 10.8. The van der Waals surface area contributed by atoms with Crippen LogP contribution in [0.15, 0.2) is 66.7 Å². The Morgan fingerprint density at radius 2 is 1.59 bits per heavy atom. The van der Waals surface area contributed by atoms with Crippen LogP contribution in [0.5, 0.6) is 5.75 Å². The fourth-order valence-electron chi connectivity index (χ4n) is 2.89. The highest BCUT2D eigenvalue weighted by Crippen LogP contribution is 2.22. The van der Waals surface area contributed by atoms with Crippen LogP contribution in [0.1, 0.15) is 22.3 Å². The van der Waals surface area contributed by atoms with Gasteiger partial charge in [-0.05, 0) is 54.8 Å². The van der Waals surface area contributed by atoms with Crippen LogP contribution in [0.4, 0.5) is 0 Å². The number of nitrogens with one attached hydrogen (secondary N) is 1. The van der Waals surface area contributed by atoms with E-state index < -0.39 is 0 Å². The average molecular weight is 400 g/mol. The Morgan fingerprint density at radius 1 is 0.852 bits per heavy atom. The number of para-hydroxylation sites is 1. The van der Waals surface area contributed by atoms with Gasteiger partial charge in [-0.2, -0.15) is 0 Å². The zero-order valence-corrected chi connectivity index (χ0v) is 16.9. The molecule has 0 radical (unpaired) electrons. The lowest BCUT2D eigenvalue weighted by Gasteiger charge is -2.13. The zero-order chi connectivity index (χ0) is 19.1. The quantitative estimate of drug-likeness (QED) is 0.454. The fraction of sp³-hybridized carbons (Fsp3) is 0.217.